The average molecular weight is 422 g/mol. The zero-order valence-electron chi connectivity index (χ0n) is 15.7. The Hall–Kier alpha value is -4.74. The Bertz CT molecular complexity index is 1400. The van der Waals surface area contributed by atoms with E-state index in [0.717, 1.165) is 9.13 Å². The van der Waals surface area contributed by atoms with Gasteiger partial charge in [-0.2, -0.15) is 9.36 Å². The van der Waals surface area contributed by atoms with Gasteiger partial charge in [-0.15, -0.1) is 0 Å². The van der Waals surface area contributed by atoms with Gasteiger partial charge in [0.1, 0.15) is 6.42 Å². The molecule has 2 aromatic carbocycles. The Morgan fingerprint density at radius 2 is 0.968 bits per heavy atom. The lowest BCUT2D eigenvalue weighted by atomic mass is 10.3. The molecule has 0 saturated heterocycles. The molecule has 4 aromatic rings. The van der Waals surface area contributed by atoms with Gasteiger partial charge < -0.3 is 0 Å². The molecule has 0 aliphatic carbocycles. The zero-order chi connectivity index (χ0) is 22.1. The van der Waals surface area contributed by atoms with Crippen molar-refractivity contribution in [2.45, 2.75) is 6.42 Å². The monoisotopic (exact) mass is 422 g/mol. The highest BCUT2D eigenvalue weighted by Crippen LogP contribution is 2.02. The van der Waals surface area contributed by atoms with Crippen LogP contribution in [0.2, 0.25) is 0 Å². The first-order valence-electron chi connectivity index (χ1n) is 8.94. The molecule has 2 aromatic heterocycles. The van der Waals surface area contributed by atoms with Crippen molar-refractivity contribution in [3.05, 3.63) is 103 Å². The number of hydrogen-bond acceptors (Lipinski definition) is 6. The van der Waals surface area contributed by atoms with Crippen molar-refractivity contribution in [3.63, 3.8) is 0 Å². The molecule has 12 heteroatoms. The molecule has 0 amide bonds. The second-order valence-electron chi connectivity index (χ2n) is 6.38. The number of nitrogens with one attached hydrogen (secondary N) is 2. The summed E-state index contributed by atoms with van der Waals surface area (Å²) in [6, 6.07) is 15.7. The number of benzene rings is 2. The van der Waals surface area contributed by atoms with Crippen molar-refractivity contribution in [3.8, 4) is 11.4 Å². The maximum Gasteiger partial charge on any atom is 0.358 e. The number of hydrogen-bond donors (Lipinski definition) is 2. The normalized spacial score (nSPS) is 10.8. The standard InChI is InChI=1S/C19H14N6O6/c26-14(24-18(30)22(16(28)20-24)12-7-3-1-4-8-12)11-15(27)25-19(31)23(17(29)21-25)13-9-5-2-6-10-13/h1-10H,11H2,(H,20,28)(H,21,29). The van der Waals surface area contributed by atoms with Gasteiger partial charge in [0.15, 0.2) is 0 Å². The minimum atomic E-state index is -1.08. The number of nitrogens with zero attached hydrogens (tertiary/aromatic N) is 4. The predicted octanol–water partition coefficient (Wildman–Crippen LogP) is -0.661. The van der Waals surface area contributed by atoms with Gasteiger partial charge in [-0.3, -0.25) is 9.59 Å². The molecule has 4 rings (SSSR count). The summed E-state index contributed by atoms with van der Waals surface area (Å²) in [5.41, 5.74) is -3.30. The second-order valence-corrected chi connectivity index (χ2v) is 6.38. The second kappa shape index (κ2) is 7.59. The SMILES string of the molecule is O=C(CC(=O)n1[nH]c(=O)n(-c2ccccc2)c1=O)n1[nH]c(=O)n(-c2ccccc2)c1=O. The van der Waals surface area contributed by atoms with Crippen LogP contribution in [-0.4, -0.2) is 40.5 Å². The molecule has 0 aliphatic heterocycles. The zero-order valence-corrected chi connectivity index (χ0v) is 15.7. The third-order valence-electron chi connectivity index (χ3n) is 4.42. The van der Waals surface area contributed by atoms with Crippen molar-refractivity contribution >= 4 is 11.8 Å². The van der Waals surface area contributed by atoms with E-state index in [0.29, 0.717) is 9.36 Å². The molecule has 0 fully saturated rings. The van der Waals surface area contributed by atoms with E-state index in [1.54, 1.807) is 36.4 Å². The van der Waals surface area contributed by atoms with Gasteiger partial charge in [0.25, 0.3) is 11.8 Å². The molecule has 2 heterocycles. The first kappa shape index (κ1) is 19.6. The summed E-state index contributed by atoms with van der Waals surface area (Å²) in [5, 5.41) is 4.14. The fourth-order valence-electron chi connectivity index (χ4n) is 3.00. The van der Waals surface area contributed by atoms with E-state index in [2.05, 4.69) is 10.2 Å². The van der Waals surface area contributed by atoms with E-state index in [9.17, 15) is 28.8 Å². The van der Waals surface area contributed by atoms with Gasteiger partial charge in [-0.1, -0.05) is 36.4 Å². The van der Waals surface area contributed by atoms with E-state index >= 15 is 0 Å². The van der Waals surface area contributed by atoms with Crippen LogP contribution in [0.5, 0.6) is 0 Å². The predicted molar refractivity (Wildman–Crippen MR) is 107 cm³/mol. The Morgan fingerprint density at radius 3 is 1.32 bits per heavy atom. The highest BCUT2D eigenvalue weighted by Gasteiger charge is 2.22. The summed E-state index contributed by atoms with van der Waals surface area (Å²) in [6.45, 7) is 0. The Morgan fingerprint density at radius 1 is 0.613 bits per heavy atom. The highest BCUT2D eigenvalue weighted by molar-refractivity contribution is 5.98. The summed E-state index contributed by atoms with van der Waals surface area (Å²) in [7, 11) is 0. The lowest BCUT2D eigenvalue weighted by Crippen LogP contribution is -2.35. The quantitative estimate of drug-likeness (QED) is 0.416. The van der Waals surface area contributed by atoms with Crippen LogP contribution in [0.25, 0.3) is 11.4 Å². The molecular formula is C19H14N6O6. The van der Waals surface area contributed by atoms with E-state index < -0.39 is 41.0 Å². The Balaban J connectivity index is 1.65. The van der Waals surface area contributed by atoms with Gasteiger partial charge >= 0.3 is 22.8 Å². The fraction of sp³-hybridized carbons (Fsp3) is 0.0526. The van der Waals surface area contributed by atoms with Crippen molar-refractivity contribution in [2.75, 3.05) is 0 Å². The Kier molecular flexibility index (Phi) is 4.79. The summed E-state index contributed by atoms with van der Waals surface area (Å²) in [6.07, 6.45) is -0.955. The van der Waals surface area contributed by atoms with Crippen molar-refractivity contribution in [2.24, 2.45) is 0 Å². The molecule has 0 spiro atoms. The van der Waals surface area contributed by atoms with E-state index in [4.69, 9.17) is 0 Å². The van der Waals surface area contributed by atoms with Gasteiger partial charge in [0, 0.05) is 0 Å². The third-order valence-corrected chi connectivity index (χ3v) is 4.42. The molecular weight excluding hydrogens is 408 g/mol. The van der Waals surface area contributed by atoms with Gasteiger partial charge in [0.05, 0.1) is 11.4 Å². The van der Waals surface area contributed by atoms with E-state index in [1.165, 1.54) is 24.3 Å². The number of para-hydroxylation sites is 2. The molecule has 31 heavy (non-hydrogen) atoms. The largest absolute Gasteiger partial charge is 0.358 e. The molecule has 0 bridgehead atoms. The van der Waals surface area contributed by atoms with Gasteiger partial charge in [-0.25, -0.2) is 38.5 Å². The maximum atomic E-state index is 12.5. The number of carbonyl (C=O) groups excluding carboxylic acids is 2. The van der Waals surface area contributed by atoms with Crippen LogP contribution in [0.15, 0.2) is 79.8 Å². The van der Waals surface area contributed by atoms with Crippen LogP contribution < -0.4 is 22.8 Å². The van der Waals surface area contributed by atoms with Crippen LogP contribution in [0.4, 0.5) is 0 Å². The molecule has 0 saturated carbocycles. The van der Waals surface area contributed by atoms with Crippen molar-refractivity contribution in [1.82, 2.24) is 28.7 Å². The summed E-state index contributed by atoms with van der Waals surface area (Å²) in [5.74, 6) is -2.16. The van der Waals surface area contributed by atoms with E-state index in [-0.39, 0.29) is 11.4 Å². The molecule has 0 aliphatic rings. The number of rotatable bonds is 4. The molecule has 12 nitrogen and oxygen atoms in total. The van der Waals surface area contributed by atoms with Crippen LogP contribution in [-0.2, 0) is 0 Å². The van der Waals surface area contributed by atoms with Crippen LogP contribution in [0, 0.1) is 0 Å². The summed E-state index contributed by atoms with van der Waals surface area (Å²) in [4.78, 5) is 74.2. The summed E-state index contributed by atoms with van der Waals surface area (Å²) >= 11 is 0. The average Bonchev–Trinajstić information content (AvgIpc) is 3.23. The molecule has 0 unspecified atom stereocenters. The topological polar surface area (TPSA) is 154 Å². The number of aromatic amines is 2. The Labute approximate surface area is 171 Å². The van der Waals surface area contributed by atoms with Crippen molar-refractivity contribution < 1.29 is 9.59 Å². The number of carbonyl (C=O) groups is 2. The third kappa shape index (κ3) is 3.42. The summed E-state index contributed by atoms with van der Waals surface area (Å²) < 4.78 is 2.21. The van der Waals surface area contributed by atoms with Crippen LogP contribution in [0.3, 0.4) is 0 Å². The number of aromatic nitrogens is 6. The maximum absolute atomic E-state index is 12.5. The van der Waals surface area contributed by atoms with Crippen LogP contribution in [0.1, 0.15) is 16.0 Å². The first-order chi connectivity index (χ1) is 14.9. The molecule has 0 atom stereocenters. The van der Waals surface area contributed by atoms with Gasteiger partial charge in [-0.05, 0) is 24.3 Å². The lowest BCUT2D eigenvalue weighted by molar-refractivity contribution is 0.0778. The fourth-order valence-corrected chi connectivity index (χ4v) is 3.00. The lowest BCUT2D eigenvalue weighted by Gasteiger charge is -2.01. The number of H-pyrrole nitrogens is 2. The van der Waals surface area contributed by atoms with E-state index in [1.807, 2.05) is 0 Å². The van der Waals surface area contributed by atoms with Crippen LogP contribution >= 0.6 is 0 Å². The molecule has 156 valence electrons. The smallest absolute Gasteiger partial charge is 0.272 e. The van der Waals surface area contributed by atoms with Gasteiger partial charge in [0.2, 0.25) is 0 Å². The van der Waals surface area contributed by atoms with Crippen molar-refractivity contribution in [1.29, 1.82) is 0 Å². The molecule has 2 N–H and O–H groups in total. The first-order valence-corrected chi connectivity index (χ1v) is 8.94. The molecule has 0 radical (unpaired) electrons. The minimum Gasteiger partial charge on any atom is -0.272 e. The minimum absolute atomic E-state index is 0.229. The highest BCUT2D eigenvalue weighted by atomic mass is 16.2.